The highest BCUT2D eigenvalue weighted by atomic mass is 32.1. The van der Waals surface area contributed by atoms with E-state index in [0.29, 0.717) is 6.42 Å². The second-order valence-electron chi connectivity index (χ2n) is 5.25. The minimum atomic E-state index is -0.0689. The van der Waals surface area contributed by atoms with Gasteiger partial charge in [0.2, 0.25) is 0 Å². The number of carbonyl (C=O) groups is 1. The fourth-order valence-electron chi connectivity index (χ4n) is 2.69. The second kappa shape index (κ2) is 6.23. The fourth-order valence-corrected chi connectivity index (χ4v) is 3.39. The maximum Gasteiger partial charge on any atom is 0.306 e. The molecule has 0 saturated carbocycles. The molecule has 2 aromatic rings. The van der Waals surface area contributed by atoms with Gasteiger partial charge in [-0.15, -0.1) is 0 Å². The third-order valence-electron chi connectivity index (χ3n) is 3.80. The summed E-state index contributed by atoms with van der Waals surface area (Å²) in [5, 5.41) is 4.13. The van der Waals surface area contributed by atoms with Crippen molar-refractivity contribution in [3.05, 3.63) is 57.8 Å². The number of rotatable bonds is 4. The normalized spacial score (nSPS) is 17.5. The molecule has 0 amide bonds. The fraction of sp³-hybridized carbons (Fsp3) is 0.353. The number of carbonyl (C=O) groups excluding carboxylic acids is 1. The van der Waals surface area contributed by atoms with E-state index in [1.165, 1.54) is 16.7 Å². The van der Waals surface area contributed by atoms with E-state index >= 15 is 0 Å². The Kier molecular flexibility index (Phi) is 4.16. The predicted octanol–water partition coefficient (Wildman–Crippen LogP) is 3.78. The van der Waals surface area contributed by atoms with E-state index in [4.69, 9.17) is 4.74 Å². The largest absolute Gasteiger partial charge is 0.462 e. The standard InChI is InChI=1S/C17H18O2S/c18-17(8-5-13-9-10-20-12-13)19-16-7-6-14-3-1-2-4-15(14)11-16/h1-4,9-10,12,16H,5-8,11H2. The van der Waals surface area contributed by atoms with Crippen LogP contribution >= 0.6 is 11.3 Å². The first-order valence-electron chi connectivity index (χ1n) is 7.08. The van der Waals surface area contributed by atoms with Gasteiger partial charge in [0.25, 0.3) is 0 Å². The number of esters is 1. The highest BCUT2D eigenvalue weighted by Crippen LogP contribution is 2.23. The Bertz CT molecular complexity index is 574. The van der Waals surface area contributed by atoms with E-state index in [0.717, 1.165) is 25.7 Å². The average Bonchev–Trinajstić information content (AvgIpc) is 2.98. The molecular weight excluding hydrogens is 268 g/mol. The Morgan fingerprint density at radius 2 is 2.10 bits per heavy atom. The van der Waals surface area contributed by atoms with Crippen LogP contribution in [0, 0.1) is 0 Å². The maximum atomic E-state index is 11.9. The molecule has 1 atom stereocenters. The van der Waals surface area contributed by atoms with Gasteiger partial charge in [0.05, 0.1) is 0 Å². The predicted molar refractivity (Wildman–Crippen MR) is 81.0 cm³/mol. The van der Waals surface area contributed by atoms with Crippen LogP contribution in [0.5, 0.6) is 0 Å². The third kappa shape index (κ3) is 3.28. The van der Waals surface area contributed by atoms with Crippen molar-refractivity contribution in [3.63, 3.8) is 0 Å². The van der Waals surface area contributed by atoms with Gasteiger partial charge >= 0.3 is 5.97 Å². The molecule has 1 aromatic heterocycles. The van der Waals surface area contributed by atoms with Gasteiger partial charge in [0.15, 0.2) is 0 Å². The molecule has 1 unspecified atom stereocenters. The topological polar surface area (TPSA) is 26.3 Å². The smallest absolute Gasteiger partial charge is 0.306 e. The van der Waals surface area contributed by atoms with E-state index in [1.54, 1.807) is 11.3 Å². The number of hydrogen-bond acceptors (Lipinski definition) is 3. The molecule has 0 radical (unpaired) electrons. The maximum absolute atomic E-state index is 11.9. The van der Waals surface area contributed by atoms with Gasteiger partial charge in [0.1, 0.15) is 6.10 Å². The van der Waals surface area contributed by atoms with Crippen molar-refractivity contribution in [2.75, 3.05) is 0 Å². The van der Waals surface area contributed by atoms with Gasteiger partial charge < -0.3 is 4.74 Å². The first-order valence-corrected chi connectivity index (χ1v) is 8.03. The summed E-state index contributed by atoms with van der Waals surface area (Å²) < 4.78 is 5.61. The molecule has 2 nitrogen and oxygen atoms in total. The molecule has 104 valence electrons. The number of ether oxygens (including phenoxy) is 1. The quantitative estimate of drug-likeness (QED) is 0.800. The van der Waals surface area contributed by atoms with Crippen molar-refractivity contribution in [2.24, 2.45) is 0 Å². The van der Waals surface area contributed by atoms with Crippen LogP contribution in [0.1, 0.15) is 29.5 Å². The van der Waals surface area contributed by atoms with Crippen LogP contribution in [0.25, 0.3) is 0 Å². The molecule has 0 spiro atoms. The Morgan fingerprint density at radius 3 is 2.90 bits per heavy atom. The lowest BCUT2D eigenvalue weighted by Gasteiger charge is -2.24. The summed E-state index contributed by atoms with van der Waals surface area (Å²) in [5.41, 5.74) is 3.95. The highest BCUT2D eigenvalue weighted by molar-refractivity contribution is 7.07. The van der Waals surface area contributed by atoms with Crippen LogP contribution in [0.4, 0.5) is 0 Å². The molecule has 0 saturated heterocycles. The summed E-state index contributed by atoms with van der Waals surface area (Å²) in [6, 6.07) is 10.5. The Balaban J connectivity index is 1.50. The van der Waals surface area contributed by atoms with Crippen molar-refractivity contribution < 1.29 is 9.53 Å². The lowest BCUT2D eigenvalue weighted by atomic mass is 9.90. The molecule has 0 fully saturated rings. The molecule has 3 rings (SSSR count). The lowest BCUT2D eigenvalue weighted by molar-refractivity contribution is -0.149. The lowest BCUT2D eigenvalue weighted by Crippen LogP contribution is -2.25. The first-order chi connectivity index (χ1) is 9.81. The average molecular weight is 286 g/mol. The third-order valence-corrected chi connectivity index (χ3v) is 4.53. The number of thiophene rings is 1. The Hall–Kier alpha value is -1.61. The highest BCUT2D eigenvalue weighted by Gasteiger charge is 2.21. The van der Waals surface area contributed by atoms with Crippen molar-refractivity contribution in [3.8, 4) is 0 Å². The summed E-state index contributed by atoms with van der Waals surface area (Å²) in [7, 11) is 0. The summed E-state index contributed by atoms with van der Waals surface area (Å²) >= 11 is 1.67. The van der Waals surface area contributed by atoms with Crippen LogP contribution < -0.4 is 0 Å². The minimum Gasteiger partial charge on any atom is -0.462 e. The molecule has 1 heterocycles. The molecule has 0 aliphatic heterocycles. The summed E-state index contributed by atoms with van der Waals surface area (Å²) in [6.07, 6.45) is 4.14. The Labute approximate surface area is 123 Å². The van der Waals surface area contributed by atoms with Gasteiger partial charge in [-0.2, -0.15) is 11.3 Å². The number of benzene rings is 1. The summed E-state index contributed by atoms with van der Waals surface area (Å²) in [6.45, 7) is 0. The van der Waals surface area contributed by atoms with Crippen LogP contribution in [0.2, 0.25) is 0 Å². The molecule has 3 heteroatoms. The second-order valence-corrected chi connectivity index (χ2v) is 6.04. The number of fused-ring (bicyclic) bond motifs is 1. The van der Waals surface area contributed by atoms with E-state index in [2.05, 4.69) is 35.7 Å². The molecular formula is C17H18O2S. The molecule has 1 aromatic carbocycles. The zero-order valence-corrected chi connectivity index (χ0v) is 12.2. The molecule has 1 aliphatic carbocycles. The van der Waals surface area contributed by atoms with Crippen molar-refractivity contribution in [2.45, 2.75) is 38.2 Å². The monoisotopic (exact) mass is 286 g/mol. The molecule has 20 heavy (non-hydrogen) atoms. The zero-order valence-electron chi connectivity index (χ0n) is 11.4. The van der Waals surface area contributed by atoms with Crippen molar-refractivity contribution in [1.29, 1.82) is 0 Å². The van der Waals surface area contributed by atoms with Gasteiger partial charge in [-0.3, -0.25) is 4.79 Å². The van der Waals surface area contributed by atoms with Crippen molar-refractivity contribution in [1.82, 2.24) is 0 Å². The van der Waals surface area contributed by atoms with E-state index in [9.17, 15) is 4.79 Å². The van der Waals surface area contributed by atoms with Gasteiger partial charge in [0, 0.05) is 12.8 Å². The first kappa shape index (κ1) is 13.4. The van der Waals surface area contributed by atoms with Crippen LogP contribution in [-0.4, -0.2) is 12.1 Å². The Morgan fingerprint density at radius 1 is 1.25 bits per heavy atom. The minimum absolute atomic E-state index is 0.0554. The molecule has 1 aliphatic rings. The van der Waals surface area contributed by atoms with E-state index in [-0.39, 0.29) is 12.1 Å². The molecule has 0 N–H and O–H groups in total. The summed E-state index contributed by atoms with van der Waals surface area (Å²) in [4.78, 5) is 11.9. The van der Waals surface area contributed by atoms with E-state index < -0.39 is 0 Å². The van der Waals surface area contributed by atoms with Gasteiger partial charge in [-0.1, -0.05) is 24.3 Å². The van der Waals surface area contributed by atoms with Crippen LogP contribution in [-0.2, 0) is 28.8 Å². The van der Waals surface area contributed by atoms with Crippen LogP contribution in [0.3, 0.4) is 0 Å². The summed E-state index contributed by atoms with van der Waals surface area (Å²) in [5.74, 6) is -0.0689. The van der Waals surface area contributed by atoms with Gasteiger partial charge in [-0.05, 0) is 52.8 Å². The molecule has 0 bridgehead atoms. The SMILES string of the molecule is O=C(CCc1ccsc1)OC1CCc2ccccc2C1. The number of aryl methyl sites for hydroxylation is 2. The van der Waals surface area contributed by atoms with Crippen molar-refractivity contribution >= 4 is 17.3 Å². The number of hydrogen-bond donors (Lipinski definition) is 0. The van der Waals surface area contributed by atoms with Crippen LogP contribution in [0.15, 0.2) is 41.1 Å². The zero-order chi connectivity index (χ0) is 13.8. The van der Waals surface area contributed by atoms with E-state index in [1.807, 2.05) is 5.38 Å². The van der Waals surface area contributed by atoms with Gasteiger partial charge in [-0.25, -0.2) is 0 Å².